The zero-order valence-corrected chi connectivity index (χ0v) is 15.5. The Bertz CT molecular complexity index is 1230. The number of benzene rings is 3. The van der Waals surface area contributed by atoms with E-state index in [0.29, 0.717) is 11.1 Å². The van der Waals surface area contributed by atoms with Gasteiger partial charge in [0.15, 0.2) is 5.43 Å². The van der Waals surface area contributed by atoms with Crippen LogP contribution in [0.25, 0.3) is 28.2 Å². The molecule has 3 aromatic carbocycles. The average molecular weight is 362 g/mol. The van der Waals surface area contributed by atoms with E-state index in [-0.39, 0.29) is 5.43 Å². The van der Waals surface area contributed by atoms with Gasteiger partial charge in [-0.05, 0) is 36.2 Å². The highest BCUT2D eigenvalue weighted by atomic mass is 16.1. The molecule has 3 nitrogen and oxygen atoms in total. The Kier molecular flexibility index (Phi) is 4.62. The SMILES string of the molecule is Cc1c(-c2ccccc2)n(-c2cccc(C#N)c2)c(-c2ccccc2)cc1=O. The Morgan fingerprint density at radius 1 is 0.786 bits per heavy atom. The van der Waals surface area contributed by atoms with E-state index >= 15 is 0 Å². The molecule has 0 N–H and O–H groups in total. The number of nitrogens with zero attached hydrogens (tertiary/aromatic N) is 2. The van der Waals surface area contributed by atoms with Gasteiger partial charge in [-0.3, -0.25) is 4.79 Å². The van der Waals surface area contributed by atoms with E-state index in [4.69, 9.17) is 0 Å². The largest absolute Gasteiger partial charge is 0.309 e. The second-order valence-corrected chi connectivity index (χ2v) is 6.60. The Morgan fingerprint density at radius 3 is 2.07 bits per heavy atom. The lowest BCUT2D eigenvalue weighted by atomic mass is 10.0. The van der Waals surface area contributed by atoms with E-state index < -0.39 is 0 Å². The molecule has 0 atom stereocenters. The van der Waals surface area contributed by atoms with Crippen molar-refractivity contribution in [3.63, 3.8) is 0 Å². The van der Waals surface area contributed by atoms with E-state index in [1.807, 2.05) is 85.8 Å². The molecular formula is C25H18N2O. The fraction of sp³-hybridized carbons (Fsp3) is 0.0400. The molecule has 0 unspecified atom stereocenters. The van der Waals surface area contributed by atoms with Crippen LogP contribution in [-0.4, -0.2) is 4.57 Å². The summed E-state index contributed by atoms with van der Waals surface area (Å²) < 4.78 is 2.07. The van der Waals surface area contributed by atoms with Crippen LogP contribution in [0.2, 0.25) is 0 Å². The van der Waals surface area contributed by atoms with E-state index in [1.54, 1.807) is 12.1 Å². The highest BCUT2D eigenvalue weighted by Crippen LogP contribution is 2.31. The number of hydrogen-bond donors (Lipinski definition) is 0. The smallest absolute Gasteiger partial charge is 0.185 e. The summed E-state index contributed by atoms with van der Waals surface area (Å²) in [7, 11) is 0. The first-order valence-corrected chi connectivity index (χ1v) is 9.07. The summed E-state index contributed by atoms with van der Waals surface area (Å²) in [5.41, 5.74) is 5.62. The number of rotatable bonds is 3. The van der Waals surface area contributed by atoms with E-state index in [1.165, 1.54) is 0 Å². The van der Waals surface area contributed by atoms with Crippen LogP contribution in [0.4, 0.5) is 0 Å². The van der Waals surface area contributed by atoms with Crippen LogP contribution in [-0.2, 0) is 0 Å². The van der Waals surface area contributed by atoms with Gasteiger partial charge in [-0.1, -0.05) is 66.7 Å². The molecule has 0 spiro atoms. The minimum Gasteiger partial charge on any atom is -0.309 e. The van der Waals surface area contributed by atoms with Crippen molar-refractivity contribution in [1.82, 2.24) is 4.57 Å². The first-order valence-electron chi connectivity index (χ1n) is 9.07. The highest BCUT2D eigenvalue weighted by Gasteiger charge is 2.17. The predicted octanol–water partition coefficient (Wildman–Crippen LogP) is 5.35. The van der Waals surface area contributed by atoms with Gasteiger partial charge in [0.2, 0.25) is 0 Å². The molecule has 0 radical (unpaired) electrons. The third kappa shape index (κ3) is 3.13. The molecule has 1 aromatic heterocycles. The summed E-state index contributed by atoms with van der Waals surface area (Å²) in [6.45, 7) is 1.85. The van der Waals surface area contributed by atoms with Gasteiger partial charge < -0.3 is 4.57 Å². The first kappa shape index (κ1) is 17.5. The lowest BCUT2D eigenvalue weighted by Gasteiger charge is -2.21. The van der Waals surface area contributed by atoms with Crippen molar-refractivity contribution < 1.29 is 0 Å². The summed E-state index contributed by atoms with van der Waals surface area (Å²) in [6.07, 6.45) is 0. The lowest BCUT2D eigenvalue weighted by molar-refractivity contribution is 1.04. The van der Waals surface area contributed by atoms with Crippen LogP contribution in [0.15, 0.2) is 95.8 Å². The molecule has 4 aromatic rings. The van der Waals surface area contributed by atoms with Crippen molar-refractivity contribution in [2.75, 3.05) is 0 Å². The van der Waals surface area contributed by atoms with Crippen LogP contribution in [0.3, 0.4) is 0 Å². The molecule has 0 saturated carbocycles. The number of nitriles is 1. The molecule has 0 amide bonds. The molecule has 0 aliphatic carbocycles. The number of hydrogen-bond acceptors (Lipinski definition) is 2. The summed E-state index contributed by atoms with van der Waals surface area (Å²) >= 11 is 0. The van der Waals surface area contributed by atoms with Crippen molar-refractivity contribution in [2.24, 2.45) is 0 Å². The summed E-state index contributed by atoms with van der Waals surface area (Å²) in [5.74, 6) is 0. The maximum atomic E-state index is 12.8. The molecule has 28 heavy (non-hydrogen) atoms. The fourth-order valence-corrected chi connectivity index (χ4v) is 3.45. The standard InChI is InChI=1S/C25H18N2O/c1-18-24(28)16-23(20-10-4-2-5-11-20)27(22-14-8-9-19(15-22)17-26)25(18)21-12-6-3-7-13-21/h2-16H,1H3. The van der Waals surface area contributed by atoms with Crippen LogP contribution < -0.4 is 5.43 Å². The molecular weight excluding hydrogens is 344 g/mol. The molecule has 0 saturated heterocycles. The van der Waals surface area contributed by atoms with Gasteiger partial charge >= 0.3 is 0 Å². The van der Waals surface area contributed by atoms with E-state index in [0.717, 1.165) is 28.2 Å². The van der Waals surface area contributed by atoms with Gasteiger partial charge in [-0.15, -0.1) is 0 Å². The van der Waals surface area contributed by atoms with Crippen molar-refractivity contribution in [3.8, 4) is 34.3 Å². The zero-order chi connectivity index (χ0) is 19.5. The van der Waals surface area contributed by atoms with Crippen LogP contribution in [0.5, 0.6) is 0 Å². The molecule has 0 bridgehead atoms. The summed E-state index contributed by atoms with van der Waals surface area (Å²) in [5, 5.41) is 9.37. The average Bonchev–Trinajstić information content (AvgIpc) is 2.76. The number of aromatic nitrogens is 1. The third-order valence-corrected chi connectivity index (χ3v) is 4.81. The molecule has 3 heteroatoms. The lowest BCUT2D eigenvalue weighted by Crippen LogP contribution is -2.15. The second kappa shape index (κ2) is 7.38. The van der Waals surface area contributed by atoms with Crippen LogP contribution in [0.1, 0.15) is 11.1 Å². The molecule has 4 rings (SSSR count). The molecule has 0 aliphatic heterocycles. The first-order chi connectivity index (χ1) is 13.7. The molecule has 1 heterocycles. The van der Waals surface area contributed by atoms with Crippen LogP contribution >= 0.6 is 0 Å². The van der Waals surface area contributed by atoms with Gasteiger partial charge in [-0.2, -0.15) is 5.26 Å². The predicted molar refractivity (Wildman–Crippen MR) is 112 cm³/mol. The van der Waals surface area contributed by atoms with Gasteiger partial charge in [0.25, 0.3) is 0 Å². The Labute approximate surface area is 163 Å². The second-order valence-electron chi connectivity index (χ2n) is 6.60. The monoisotopic (exact) mass is 362 g/mol. The Morgan fingerprint density at radius 2 is 1.43 bits per heavy atom. The quantitative estimate of drug-likeness (QED) is 0.493. The van der Waals surface area contributed by atoms with Crippen molar-refractivity contribution in [1.29, 1.82) is 5.26 Å². The fourth-order valence-electron chi connectivity index (χ4n) is 3.45. The van der Waals surface area contributed by atoms with Crippen molar-refractivity contribution in [3.05, 3.63) is 112 Å². The van der Waals surface area contributed by atoms with E-state index in [9.17, 15) is 10.1 Å². The van der Waals surface area contributed by atoms with Gasteiger partial charge in [0, 0.05) is 17.3 Å². The van der Waals surface area contributed by atoms with Crippen molar-refractivity contribution >= 4 is 0 Å². The summed E-state index contributed by atoms with van der Waals surface area (Å²) in [6, 6.07) is 31.1. The molecule has 134 valence electrons. The third-order valence-electron chi connectivity index (χ3n) is 4.81. The highest BCUT2D eigenvalue weighted by molar-refractivity contribution is 5.73. The molecule has 0 aliphatic rings. The maximum Gasteiger partial charge on any atom is 0.185 e. The minimum absolute atomic E-state index is 0.00889. The zero-order valence-electron chi connectivity index (χ0n) is 15.5. The van der Waals surface area contributed by atoms with Crippen LogP contribution in [0, 0.1) is 18.3 Å². The number of pyridine rings is 1. The molecule has 0 fully saturated rings. The minimum atomic E-state index is -0.00889. The van der Waals surface area contributed by atoms with Gasteiger partial charge in [-0.25, -0.2) is 0 Å². The van der Waals surface area contributed by atoms with Gasteiger partial charge in [0.1, 0.15) is 0 Å². The summed E-state index contributed by atoms with van der Waals surface area (Å²) in [4.78, 5) is 12.8. The van der Waals surface area contributed by atoms with Gasteiger partial charge in [0.05, 0.1) is 23.0 Å². The van der Waals surface area contributed by atoms with Crippen molar-refractivity contribution in [2.45, 2.75) is 6.92 Å². The Hall–Kier alpha value is -3.90. The van der Waals surface area contributed by atoms with E-state index in [2.05, 4.69) is 10.6 Å². The maximum absolute atomic E-state index is 12.8. The topological polar surface area (TPSA) is 45.8 Å². The Balaban J connectivity index is 2.15. The normalized spacial score (nSPS) is 10.4.